The molecular weight excluding hydrogens is 192 g/mol. The molecule has 86 valence electrons. The summed E-state index contributed by atoms with van der Waals surface area (Å²) in [6, 6.07) is 0. The van der Waals surface area contributed by atoms with Crippen molar-refractivity contribution in [2.24, 2.45) is 5.92 Å². The van der Waals surface area contributed by atoms with Gasteiger partial charge in [-0.3, -0.25) is 0 Å². The van der Waals surface area contributed by atoms with Crippen LogP contribution in [0.1, 0.15) is 33.6 Å². The maximum atomic E-state index is 11.1. The zero-order chi connectivity index (χ0) is 10.1. The second-order valence-electron chi connectivity index (χ2n) is 4.27. The van der Waals surface area contributed by atoms with Gasteiger partial charge in [0.15, 0.2) is 0 Å². The molecule has 1 saturated heterocycles. The van der Waals surface area contributed by atoms with E-state index < -0.39 is 0 Å². The molecule has 0 amide bonds. The molecule has 0 bridgehead atoms. The summed E-state index contributed by atoms with van der Waals surface area (Å²) in [6.45, 7) is 5.74. The molecule has 0 spiro atoms. The van der Waals surface area contributed by atoms with E-state index in [1.165, 1.54) is 0 Å². The van der Waals surface area contributed by atoms with Gasteiger partial charge in [-0.25, -0.2) is 4.79 Å². The van der Waals surface area contributed by atoms with Crippen LogP contribution in [0, 0.1) is 5.92 Å². The number of rotatable bonds is 3. The summed E-state index contributed by atoms with van der Waals surface area (Å²) >= 11 is 0. The van der Waals surface area contributed by atoms with Gasteiger partial charge in [0.1, 0.15) is 0 Å². The lowest BCUT2D eigenvalue weighted by molar-refractivity contribution is -0.140. The van der Waals surface area contributed by atoms with Gasteiger partial charge in [-0.05, 0) is 32.1 Å². The van der Waals surface area contributed by atoms with Crippen molar-refractivity contribution in [2.75, 3.05) is 6.61 Å². The Hall–Kier alpha value is -0.830. The maximum absolute atomic E-state index is 11.1. The average Bonchev–Trinajstić information content (AvgIpc) is 2.91. The van der Waals surface area contributed by atoms with Crippen LogP contribution >= 0.6 is 0 Å². The Morgan fingerprint density at radius 1 is 1.47 bits per heavy atom. The fraction of sp³-hybridized carbons (Fsp3) is 0.750. The van der Waals surface area contributed by atoms with E-state index >= 15 is 0 Å². The van der Waals surface area contributed by atoms with Crippen molar-refractivity contribution in [3.05, 3.63) is 12.2 Å². The summed E-state index contributed by atoms with van der Waals surface area (Å²) in [6.07, 6.45) is 4.26. The molecule has 3 heteroatoms. The Morgan fingerprint density at radius 2 is 2.20 bits per heavy atom. The topological polar surface area (TPSA) is 38.8 Å². The normalized spacial score (nSPS) is 32.2. The minimum Gasteiger partial charge on any atom is -0.462 e. The highest BCUT2D eigenvalue weighted by molar-refractivity contribution is 5.86. The number of carbonyl (C=O) groups excluding carboxylic acids is 1. The lowest BCUT2D eigenvalue weighted by Gasteiger charge is -2.18. The van der Waals surface area contributed by atoms with Crippen molar-refractivity contribution in [3.8, 4) is 0 Å². The zero-order valence-corrected chi connectivity index (χ0v) is 8.49. The van der Waals surface area contributed by atoms with Crippen molar-refractivity contribution in [2.45, 2.75) is 45.8 Å². The molecule has 0 aromatic heterocycles. The van der Waals surface area contributed by atoms with E-state index in [0.29, 0.717) is 30.3 Å². The van der Waals surface area contributed by atoms with E-state index in [1.807, 2.05) is 0 Å². The Morgan fingerprint density at radius 3 is 2.80 bits per heavy atom. The second kappa shape index (κ2) is 4.79. The number of epoxide rings is 1. The highest BCUT2D eigenvalue weighted by atomic mass is 16.6. The van der Waals surface area contributed by atoms with Crippen molar-refractivity contribution in [1.29, 1.82) is 0 Å². The van der Waals surface area contributed by atoms with Gasteiger partial charge in [0.25, 0.3) is 0 Å². The number of fused-ring (bicyclic) bond motifs is 1. The summed E-state index contributed by atoms with van der Waals surface area (Å²) in [5.74, 6) is 0.214. The first-order valence-corrected chi connectivity index (χ1v) is 5.15. The van der Waals surface area contributed by atoms with Crippen LogP contribution in [0.5, 0.6) is 0 Å². The monoisotopic (exact) mass is 212 g/mol. The molecule has 1 saturated carbocycles. The predicted molar refractivity (Wildman–Crippen MR) is 58.5 cm³/mol. The van der Waals surface area contributed by atoms with Gasteiger partial charge in [0, 0.05) is 5.57 Å². The van der Waals surface area contributed by atoms with Crippen LogP contribution in [-0.4, -0.2) is 24.8 Å². The molecule has 0 aromatic rings. The van der Waals surface area contributed by atoms with E-state index in [2.05, 4.69) is 6.58 Å². The third-order valence-corrected chi connectivity index (χ3v) is 2.91. The molecular formula is C12H20O3. The van der Waals surface area contributed by atoms with Crippen molar-refractivity contribution < 1.29 is 14.3 Å². The first-order valence-electron chi connectivity index (χ1n) is 5.15. The largest absolute Gasteiger partial charge is 0.462 e. The SMILES string of the molecule is C.C=C(C)C(=O)OCC1CCC2OC2C1. The van der Waals surface area contributed by atoms with E-state index in [9.17, 15) is 4.79 Å². The van der Waals surface area contributed by atoms with Crippen molar-refractivity contribution in [3.63, 3.8) is 0 Å². The molecule has 3 nitrogen and oxygen atoms in total. The Bertz CT molecular complexity index is 260. The Labute approximate surface area is 91.4 Å². The molecule has 3 unspecified atom stereocenters. The van der Waals surface area contributed by atoms with Gasteiger partial charge in [0.2, 0.25) is 0 Å². The first-order chi connectivity index (χ1) is 6.66. The van der Waals surface area contributed by atoms with Crippen molar-refractivity contribution >= 4 is 5.97 Å². The summed E-state index contributed by atoms with van der Waals surface area (Å²) in [4.78, 5) is 11.1. The summed E-state index contributed by atoms with van der Waals surface area (Å²) in [5.41, 5.74) is 0.473. The second-order valence-corrected chi connectivity index (χ2v) is 4.27. The smallest absolute Gasteiger partial charge is 0.333 e. The molecule has 0 radical (unpaired) electrons. The van der Waals surface area contributed by atoms with Gasteiger partial charge in [-0.1, -0.05) is 14.0 Å². The number of carbonyl (C=O) groups is 1. The van der Waals surface area contributed by atoms with Gasteiger partial charge >= 0.3 is 5.97 Å². The molecule has 2 fully saturated rings. The molecule has 15 heavy (non-hydrogen) atoms. The van der Waals surface area contributed by atoms with Gasteiger partial charge < -0.3 is 9.47 Å². The van der Waals surface area contributed by atoms with E-state index in [0.717, 1.165) is 19.3 Å². The molecule has 1 aliphatic carbocycles. The summed E-state index contributed by atoms with van der Waals surface area (Å²) < 4.78 is 10.5. The van der Waals surface area contributed by atoms with Crippen LogP contribution in [0.4, 0.5) is 0 Å². The van der Waals surface area contributed by atoms with Crippen LogP contribution in [-0.2, 0) is 14.3 Å². The average molecular weight is 212 g/mol. The van der Waals surface area contributed by atoms with E-state index in [-0.39, 0.29) is 13.4 Å². The van der Waals surface area contributed by atoms with Crippen LogP contribution in [0.15, 0.2) is 12.2 Å². The van der Waals surface area contributed by atoms with Gasteiger partial charge in [0.05, 0.1) is 18.8 Å². The summed E-state index contributed by atoms with van der Waals surface area (Å²) in [5, 5.41) is 0. The molecule has 1 aliphatic heterocycles. The molecule has 2 aliphatic rings. The minimum atomic E-state index is -0.274. The Kier molecular flexibility index (Phi) is 3.91. The fourth-order valence-corrected chi connectivity index (χ4v) is 1.95. The zero-order valence-electron chi connectivity index (χ0n) is 8.49. The Balaban J connectivity index is 0.00000112. The number of esters is 1. The molecule has 0 aromatic carbocycles. The van der Waals surface area contributed by atoms with Crippen molar-refractivity contribution in [1.82, 2.24) is 0 Å². The quantitative estimate of drug-likeness (QED) is 0.409. The number of hydrogen-bond acceptors (Lipinski definition) is 3. The molecule has 1 heterocycles. The molecule has 2 rings (SSSR count). The standard InChI is InChI=1S/C11H16O3.CH4/c1-7(2)11(12)13-6-8-3-4-9-10(5-8)14-9;/h8-10H,1,3-6H2,2H3;1H4. The predicted octanol–water partition coefficient (Wildman–Crippen LogP) is 2.31. The number of ether oxygens (including phenoxy) is 2. The van der Waals surface area contributed by atoms with Crippen LogP contribution in [0.25, 0.3) is 0 Å². The summed E-state index contributed by atoms with van der Waals surface area (Å²) in [7, 11) is 0. The van der Waals surface area contributed by atoms with Gasteiger partial charge in [-0.2, -0.15) is 0 Å². The van der Waals surface area contributed by atoms with Gasteiger partial charge in [-0.15, -0.1) is 0 Å². The third-order valence-electron chi connectivity index (χ3n) is 2.91. The minimum absolute atomic E-state index is 0. The highest BCUT2D eigenvalue weighted by Gasteiger charge is 2.43. The van der Waals surface area contributed by atoms with Crippen LogP contribution < -0.4 is 0 Å². The van der Waals surface area contributed by atoms with Crippen LogP contribution in [0.2, 0.25) is 0 Å². The first kappa shape index (κ1) is 12.2. The molecule has 0 N–H and O–H groups in total. The van der Waals surface area contributed by atoms with E-state index in [4.69, 9.17) is 9.47 Å². The number of hydrogen-bond donors (Lipinski definition) is 0. The maximum Gasteiger partial charge on any atom is 0.333 e. The lowest BCUT2D eigenvalue weighted by atomic mass is 9.90. The van der Waals surface area contributed by atoms with Crippen LogP contribution in [0.3, 0.4) is 0 Å². The molecule has 3 atom stereocenters. The fourth-order valence-electron chi connectivity index (χ4n) is 1.95. The van der Waals surface area contributed by atoms with E-state index in [1.54, 1.807) is 6.92 Å². The highest BCUT2D eigenvalue weighted by Crippen LogP contribution is 2.39. The lowest BCUT2D eigenvalue weighted by Crippen LogP contribution is -2.20. The third kappa shape index (κ3) is 3.06.